The third-order valence-electron chi connectivity index (χ3n) is 1.29. The fourth-order valence-electron chi connectivity index (χ4n) is 0.680. The summed E-state index contributed by atoms with van der Waals surface area (Å²) >= 11 is 0. The summed E-state index contributed by atoms with van der Waals surface area (Å²) in [6.45, 7) is 3.31. The number of carbonyl (C=O) groups is 1. The number of benzene rings is 1. The average molecular weight is 225 g/mol. The molecule has 0 aliphatic carbocycles. The standard InChI is InChI=1S/C6H5NO2.C4H6O3/c8-7(9)6-4-2-1-3-5-6;1-2-3-7-4(5)6/h1-5H;2H,1,3H2,(H,5,6). The van der Waals surface area contributed by atoms with Crippen molar-refractivity contribution in [2.45, 2.75) is 0 Å². The lowest BCUT2D eigenvalue weighted by Gasteiger charge is -1.88. The van der Waals surface area contributed by atoms with Crippen molar-refractivity contribution >= 4 is 11.8 Å². The Morgan fingerprint density at radius 1 is 1.50 bits per heavy atom. The molecule has 0 aliphatic rings. The fourth-order valence-corrected chi connectivity index (χ4v) is 0.680. The number of carboxylic acid groups (broad SMARTS) is 1. The van der Waals surface area contributed by atoms with Crippen LogP contribution in [0.2, 0.25) is 0 Å². The highest BCUT2D eigenvalue weighted by atomic mass is 16.7. The zero-order valence-electron chi connectivity index (χ0n) is 8.41. The van der Waals surface area contributed by atoms with E-state index in [4.69, 9.17) is 5.11 Å². The molecule has 0 radical (unpaired) electrons. The van der Waals surface area contributed by atoms with Crippen molar-refractivity contribution in [1.29, 1.82) is 0 Å². The number of ether oxygens (including phenoxy) is 1. The molecule has 0 fully saturated rings. The van der Waals surface area contributed by atoms with Gasteiger partial charge in [0.15, 0.2) is 0 Å². The number of nitro benzene ring substituents is 1. The predicted octanol–water partition coefficient (Wildman–Crippen LogP) is 2.46. The molecule has 0 saturated carbocycles. The molecular formula is C10H11NO5. The highest BCUT2D eigenvalue weighted by Crippen LogP contribution is 2.06. The maximum Gasteiger partial charge on any atom is 0.506 e. The van der Waals surface area contributed by atoms with Crippen molar-refractivity contribution in [2.75, 3.05) is 6.61 Å². The monoisotopic (exact) mass is 225 g/mol. The molecule has 0 amide bonds. The largest absolute Gasteiger partial charge is 0.506 e. The van der Waals surface area contributed by atoms with Crippen LogP contribution in [0.5, 0.6) is 0 Å². The van der Waals surface area contributed by atoms with Crippen LogP contribution in [0.3, 0.4) is 0 Å². The van der Waals surface area contributed by atoms with E-state index in [2.05, 4.69) is 11.3 Å². The number of nitro groups is 1. The molecule has 1 aromatic rings. The number of rotatable bonds is 3. The number of para-hydroxylation sites is 1. The summed E-state index contributed by atoms with van der Waals surface area (Å²) in [5.41, 5.74) is 0.137. The van der Waals surface area contributed by atoms with Crippen LogP contribution in [0.1, 0.15) is 0 Å². The second-order valence-corrected chi connectivity index (χ2v) is 2.46. The molecule has 1 rings (SSSR count). The Morgan fingerprint density at radius 3 is 2.31 bits per heavy atom. The molecular weight excluding hydrogens is 214 g/mol. The van der Waals surface area contributed by atoms with Gasteiger partial charge in [0.05, 0.1) is 4.92 Å². The lowest BCUT2D eigenvalue weighted by molar-refractivity contribution is -0.384. The molecule has 0 atom stereocenters. The Morgan fingerprint density at radius 2 is 2.06 bits per heavy atom. The Balaban J connectivity index is 0.000000293. The molecule has 0 unspecified atom stereocenters. The van der Waals surface area contributed by atoms with Gasteiger partial charge < -0.3 is 9.84 Å². The van der Waals surface area contributed by atoms with Crippen LogP contribution in [0.25, 0.3) is 0 Å². The minimum Gasteiger partial charge on any atom is -0.450 e. The van der Waals surface area contributed by atoms with Crippen molar-refractivity contribution in [3.63, 3.8) is 0 Å². The summed E-state index contributed by atoms with van der Waals surface area (Å²) < 4.78 is 3.99. The summed E-state index contributed by atoms with van der Waals surface area (Å²) in [6.07, 6.45) is 0.105. The molecule has 0 saturated heterocycles. The van der Waals surface area contributed by atoms with Gasteiger partial charge in [-0.3, -0.25) is 10.1 Å². The predicted molar refractivity (Wildman–Crippen MR) is 57.3 cm³/mol. The minimum atomic E-state index is -1.26. The van der Waals surface area contributed by atoms with Crippen molar-refractivity contribution < 1.29 is 19.6 Å². The first-order valence-corrected chi connectivity index (χ1v) is 4.24. The van der Waals surface area contributed by atoms with Crippen molar-refractivity contribution in [3.05, 3.63) is 53.1 Å². The van der Waals surface area contributed by atoms with Gasteiger partial charge >= 0.3 is 6.16 Å². The van der Waals surface area contributed by atoms with E-state index in [-0.39, 0.29) is 12.3 Å². The first-order chi connectivity index (χ1) is 7.57. The van der Waals surface area contributed by atoms with Gasteiger partial charge in [-0.2, -0.15) is 0 Å². The van der Waals surface area contributed by atoms with Crippen molar-refractivity contribution in [3.8, 4) is 0 Å². The summed E-state index contributed by atoms with van der Waals surface area (Å²) in [4.78, 5) is 19.1. The van der Waals surface area contributed by atoms with E-state index in [9.17, 15) is 14.9 Å². The smallest absolute Gasteiger partial charge is 0.450 e. The zero-order valence-corrected chi connectivity index (χ0v) is 8.41. The third-order valence-corrected chi connectivity index (χ3v) is 1.29. The topological polar surface area (TPSA) is 89.7 Å². The Kier molecular flexibility index (Phi) is 6.80. The SMILES string of the molecule is C=CCOC(=O)O.O=[N+]([O-])c1ccccc1. The summed E-state index contributed by atoms with van der Waals surface area (Å²) in [6, 6.07) is 7.93. The second-order valence-electron chi connectivity index (χ2n) is 2.46. The van der Waals surface area contributed by atoms with Gasteiger partial charge in [0, 0.05) is 12.1 Å². The van der Waals surface area contributed by atoms with Crippen LogP contribution in [0.4, 0.5) is 10.5 Å². The molecule has 0 bridgehead atoms. The molecule has 0 spiro atoms. The zero-order chi connectivity index (χ0) is 12.4. The highest BCUT2D eigenvalue weighted by Gasteiger charge is 1.98. The minimum absolute atomic E-state index is 0.0648. The third kappa shape index (κ3) is 7.07. The molecule has 6 heteroatoms. The summed E-state index contributed by atoms with van der Waals surface area (Å²) in [7, 11) is 0. The Bertz CT molecular complexity index is 349. The molecule has 16 heavy (non-hydrogen) atoms. The van der Waals surface area contributed by atoms with E-state index in [1.807, 2.05) is 0 Å². The van der Waals surface area contributed by atoms with Crippen LogP contribution in [-0.2, 0) is 4.74 Å². The molecule has 86 valence electrons. The first kappa shape index (κ1) is 13.6. The first-order valence-electron chi connectivity index (χ1n) is 4.24. The van der Waals surface area contributed by atoms with Gasteiger partial charge in [-0.15, -0.1) is 0 Å². The molecule has 1 N–H and O–H groups in total. The van der Waals surface area contributed by atoms with Gasteiger partial charge in [0.25, 0.3) is 5.69 Å². The number of non-ortho nitro benzene ring substituents is 1. The average Bonchev–Trinajstić information content (AvgIpc) is 2.28. The van der Waals surface area contributed by atoms with E-state index in [1.165, 1.54) is 18.2 Å². The Hall–Kier alpha value is -2.37. The summed E-state index contributed by atoms with van der Waals surface area (Å²) in [5, 5.41) is 17.8. The van der Waals surface area contributed by atoms with Crippen molar-refractivity contribution in [2.24, 2.45) is 0 Å². The number of hydrogen-bond donors (Lipinski definition) is 1. The maximum absolute atomic E-state index is 10.0. The lowest BCUT2D eigenvalue weighted by atomic mass is 10.3. The van der Waals surface area contributed by atoms with Crippen LogP contribution < -0.4 is 0 Å². The van der Waals surface area contributed by atoms with E-state index in [0.29, 0.717) is 0 Å². The van der Waals surface area contributed by atoms with Gasteiger partial charge in [-0.05, 0) is 0 Å². The molecule has 0 aromatic heterocycles. The normalized spacial score (nSPS) is 8.25. The summed E-state index contributed by atoms with van der Waals surface area (Å²) in [5.74, 6) is 0. The van der Waals surface area contributed by atoms with Crippen LogP contribution in [0, 0.1) is 10.1 Å². The van der Waals surface area contributed by atoms with Crippen molar-refractivity contribution in [1.82, 2.24) is 0 Å². The van der Waals surface area contributed by atoms with Crippen LogP contribution >= 0.6 is 0 Å². The van der Waals surface area contributed by atoms with Gasteiger partial charge in [-0.25, -0.2) is 4.79 Å². The van der Waals surface area contributed by atoms with Crippen LogP contribution in [-0.4, -0.2) is 22.8 Å². The van der Waals surface area contributed by atoms with E-state index < -0.39 is 11.1 Å². The quantitative estimate of drug-likeness (QED) is 0.369. The number of hydrogen-bond acceptors (Lipinski definition) is 4. The molecule has 6 nitrogen and oxygen atoms in total. The lowest BCUT2D eigenvalue weighted by Crippen LogP contribution is -1.98. The molecule has 0 aliphatic heterocycles. The van der Waals surface area contributed by atoms with E-state index in [1.54, 1.807) is 18.2 Å². The van der Waals surface area contributed by atoms with Gasteiger partial charge in [0.1, 0.15) is 6.61 Å². The second kappa shape index (κ2) is 7.98. The fraction of sp³-hybridized carbons (Fsp3) is 0.100. The molecule has 0 heterocycles. The van der Waals surface area contributed by atoms with E-state index >= 15 is 0 Å². The molecule has 1 aromatic carbocycles. The Labute approximate surface area is 91.9 Å². The number of nitrogens with zero attached hydrogens (tertiary/aromatic N) is 1. The van der Waals surface area contributed by atoms with Gasteiger partial charge in [0.2, 0.25) is 0 Å². The van der Waals surface area contributed by atoms with Crippen LogP contribution in [0.15, 0.2) is 43.0 Å². The maximum atomic E-state index is 10.0. The van der Waals surface area contributed by atoms with E-state index in [0.717, 1.165) is 0 Å². The van der Waals surface area contributed by atoms with Gasteiger partial charge in [-0.1, -0.05) is 30.9 Å². The highest BCUT2D eigenvalue weighted by molar-refractivity contribution is 5.56.